The largest absolute Gasteiger partial charge is 0.376 e. The number of carbonyl (C=O) groups is 2. The summed E-state index contributed by atoms with van der Waals surface area (Å²) in [4.78, 5) is 31.9. The Morgan fingerprint density at radius 2 is 1.88 bits per heavy atom. The zero-order chi connectivity index (χ0) is 23.2. The SMILES string of the molecule is Cc1ccc(CN2CCN(C(=O)CCN(C[C@H]3CCCO3)C(=O)c3cc(C)on3)CC2)cc1. The molecule has 0 bridgehead atoms. The maximum absolute atomic E-state index is 13.0. The number of hydrogen-bond acceptors (Lipinski definition) is 6. The van der Waals surface area contributed by atoms with Crippen LogP contribution < -0.4 is 0 Å². The first kappa shape index (κ1) is 23.4. The fraction of sp³-hybridized carbons (Fsp3) is 0.560. The fourth-order valence-corrected chi connectivity index (χ4v) is 4.43. The van der Waals surface area contributed by atoms with Gasteiger partial charge in [0.05, 0.1) is 6.10 Å². The summed E-state index contributed by atoms with van der Waals surface area (Å²) in [5.74, 6) is 0.472. The topological polar surface area (TPSA) is 79.1 Å². The molecule has 1 aromatic heterocycles. The predicted molar refractivity (Wildman–Crippen MR) is 124 cm³/mol. The number of rotatable bonds is 8. The van der Waals surface area contributed by atoms with Gasteiger partial charge in [0.15, 0.2) is 5.69 Å². The highest BCUT2D eigenvalue weighted by Gasteiger charge is 2.27. The molecule has 8 heteroatoms. The molecule has 2 aliphatic heterocycles. The van der Waals surface area contributed by atoms with Gasteiger partial charge in [-0.2, -0.15) is 0 Å². The van der Waals surface area contributed by atoms with Crippen molar-refractivity contribution in [2.24, 2.45) is 0 Å². The molecule has 0 spiro atoms. The van der Waals surface area contributed by atoms with Gasteiger partial charge in [0.25, 0.3) is 5.91 Å². The van der Waals surface area contributed by atoms with Gasteiger partial charge in [-0.25, -0.2) is 0 Å². The highest BCUT2D eigenvalue weighted by molar-refractivity contribution is 5.92. The van der Waals surface area contributed by atoms with E-state index in [1.807, 2.05) is 4.90 Å². The Morgan fingerprint density at radius 3 is 2.52 bits per heavy atom. The number of piperazine rings is 1. The number of nitrogens with zero attached hydrogens (tertiary/aromatic N) is 4. The average Bonchev–Trinajstić information content (AvgIpc) is 3.50. The number of carbonyl (C=O) groups excluding carboxylic acids is 2. The maximum Gasteiger partial charge on any atom is 0.276 e. The van der Waals surface area contributed by atoms with Gasteiger partial charge in [-0.1, -0.05) is 35.0 Å². The Morgan fingerprint density at radius 1 is 1.12 bits per heavy atom. The Labute approximate surface area is 195 Å². The van der Waals surface area contributed by atoms with Crippen molar-refractivity contribution >= 4 is 11.8 Å². The van der Waals surface area contributed by atoms with E-state index in [2.05, 4.69) is 41.2 Å². The normalized spacial score (nSPS) is 19.1. The lowest BCUT2D eigenvalue weighted by Gasteiger charge is -2.35. The van der Waals surface area contributed by atoms with Crippen LogP contribution in [0.4, 0.5) is 0 Å². The van der Waals surface area contributed by atoms with Crippen LogP contribution >= 0.6 is 0 Å². The van der Waals surface area contributed by atoms with E-state index in [1.165, 1.54) is 11.1 Å². The lowest BCUT2D eigenvalue weighted by Crippen LogP contribution is -2.49. The lowest BCUT2D eigenvalue weighted by molar-refractivity contribution is -0.133. The Balaban J connectivity index is 1.27. The first-order valence-corrected chi connectivity index (χ1v) is 11.9. The number of aromatic nitrogens is 1. The van der Waals surface area contributed by atoms with Crippen LogP contribution in [0.1, 0.15) is 46.6 Å². The van der Waals surface area contributed by atoms with Crippen LogP contribution in [0.3, 0.4) is 0 Å². The molecule has 0 saturated carbocycles. The van der Waals surface area contributed by atoms with Crippen LogP contribution in [0.15, 0.2) is 34.9 Å². The van der Waals surface area contributed by atoms with Crippen molar-refractivity contribution in [3.8, 4) is 0 Å². The predicted octanol–water partition coefficient (Wildman–Crippen LogP) is 2.65. The molecule has 8 nitrogen and oxygen atoms in total. The minimum atomic E-state index is -0.210. The van der Waals surface area contributed by atoms with E-state index >= 15 is 0 Å². The van der Waals surface area contributed by atoms with Gasteiger partial charge in [-0.3, -0.25) is 14.5 Å². The van der Waals surface area contributed by atoms with Crippen molar-refractivity contribution in [3.63, 3.8) is 0 Å². The fourth-order valence-electron chi connectivity index (χ4n) is 4.43. The number of aryl methyl sites for hydroxylation is 2. The Bertz CT molecular complexity index is 928. The molecule has 0 aliphatic carbocycles. The number of ether oxygens (including phenoxy) is 1. The third kappa shape index (κ3) is 6.42. The summed E-state index contributed by atoms with van der Waals surface area (Å²) in [5.41, 5.74) is 2.84. The molecule has 2 aliphatic rings. The van der Waals surface area contributed by atoms with E-state index in [1.54, 1.807) is 17.9 Å². The van der Waals surface area contributed by atoms with Gasteiger partial charge in [0, 0.05) is 64.9 Å². The highest BCUT2D eigenvalue weighted by atomic mass is 16.5. The van der Waals surface area contributed by atoms with Crippen molar-refractivity contribution in [1.29, 1.82) is 0 Å². The van der Waals surface area contributed by atoms with Gasteiger partial charge in [-0.15, -0.1) is 0 Å². The van der Waals surface area contributed by atoms with Crippen molar-refractivity contribution in [2.45, 2.75) is 45.8 Å². The van der Waals surface area contributed by atoms with Gasteiger partial charge >= 0.3 is 0 Å². The molecule has 0 radical (unpaired) electrons. The zero-order valence-corrected chi connectivity index (χ0v) is 19.7. The van der Waals surface area contributed by atoms with Gasteiger partial charge in [0.1, 0.15) is 5.76 Å². The summed E-state index contributed by atoms with van der Waals surface area (Å²) >= 11 is 0. The second kappa shape index (κ2) is 10.9. The van der Waals surface area contributed by atoms with E-state index < -0.39 is 0 Å². The van der Waals surface area contributed by atoms with Gasteiger partial charge in [-0.05, 0) is 32.3 Å². The van der Waals surface area contributed by atoms with Crippen LogP contribution in [-0.2, 0) is 16.1 Å². The second-order valence-electron chi connectivity index (χ2n) is 9.10. The van der Waals surface area contributed by atoms with E-state index in [9.17, 15) is 9.59 Å². The molecular weight excluding hydrogens is 420 g/mol. The molecule has 2 amide bonds. The van der Waals surface area contributed by atoms with Gasteiger partial charge in [0.2, 0.25) is 5.91 Å². The van der Waals surface area contributed by atoms with Crippen molar-refractivity contribution < 1.29 is 18.8 Å². The van der Waals surface area contributed by atoms with Crippen LogP contribution in [-0.4, -0.2) is 83.7 Å². The van der Waals surface area contributed by atoms with Crippen LogP contribution in [0.2, 0.25) is 0 Å². The third-order valence-corrected chi connectivity index (χ3v) is 6.43. The zero-order valence-electron chi connectivity index (χ0n) is 19.7. The van der Waals surface area contributed by atoms with Crippen LogP contribution in [0.5, 0.6) is 0 Å². The number of amides is 2. The van der Waals surface area contributed by atoms with Crippen molar-refractivity contribution in [3.05, 3.63) is 52.9 Å². The van der Waals surface area contributed by atoms with Crippen molar-refractivity contribution in [2.75, 3.05) is 45.9 Å². The monoisotopic (exact) mass is 454 g/mol. The Hall–Kier alpha value is -2.71. The number of hydrogen-bond donors (Lipinski definition) is 0. The molecule has 2 saturated heterocycles. The molecule has 0 N–H and O–H groups in total. The first-order valence-electron chi connectivity index (χ1n) is 11.9. The van der Waals surface area contributed by atoms with Crippen LogP contribution in [0, 0.1) is 13.8 Å². The van der Waals surface area contributed by atoms with E-state index in [0.29, 0.717) is 38.4 Å². The molecule has 178 valence electrons. The van der Waals surface area contributed by atoms with Gasteiger partial charge < -0.3 is 19.1 Å². The molecule has 33 heavy (non-hydrogen) atoms. The summed E-state index contributed by atoms with van der Waals surface area (Å²) in [6.07, 6.45) is 2.25. The molecular formula is C25H34N4O4. The molecule has 1 atom stereocenters. The Kier molecular flexibility index (Phi) is 7.77. The maximum atomic E-state index is 13.0. The molecule has 2 aromatic rings. The molecule has 1 aromatic carbocycles. The molecule has 2 fully saturated rings. The first-order chi connectivity index (χ1) is 16.0. The third-order valence-electron chi connectivity index (χ3n) is 6.43. The quantitative estimate of drug-likeness (QED) is 0.610. The average molecular weight is 455 g/mol. The lowest BCUT2D eigenvalue weighted by atomic mass is 10.1. The minimum Gasteiger partial charge on any atom is -0.376 e. The smallest absolute Gasteiger partial charge is 0.276 e. The van der Waals surface area contributed by atoms with Crippen molar-refractivity contribution in [1.82, 2.24) is 19.9 Å². The van der Waals surface area contributed by atoms with E-state index in [-0.39, 0.29) is 23.6 Å². The number of benzene rings is 1. The summed E-state index contributed by atoms with van der Waals surface area (Å²) in [6.45, 7) is 9.46. The second-order valence-corrected chi connectivity index (χ2v) is 9.10. The summed E-state index contributed by atoms with van der Waals surface area (Å²) in [7, 11) is 0. The minimum absolute atomic E-state index is 0.0161. The molecule has 0 unspecified atom stereocenters. The molecule has 4 rings (SSSR count). The summed E-state index contributed by atoms with van der Waals surface area (Å²) < 4.78 is 10.8. The summed E-state index contributed by atoms with van der Waals surface area (Å²) in [5, 5.41) is 3.87. The standard InChI is InChI=1S/C25H34N4O4/c1-19-5-7-21(8-6-19)17-27-11-13-28(14-12-27)24(30)9-10-29(18-22-4-3-15-32-22)25(31)23-16-20(2)33-26-23/h5-8,16,22H,3-4,9-15,17-18H2,1-2H3/t22-/m1/s1. The molecule has 3 heterocycles. The highest BCUT2D eigenvalue weighted by Crippen LogP contribution is 2.16. The van der Waals surface area contributed by atoms with E-state index in [4.69, 9.17) is 9.26 Å². The van der Waals surface area contributed by atoms with E-state index in [0.717, 1.165) is 39.1 Å². The van der Waals surface area contributed by atoms with Crippen LogP contribution in [0.25, 0.3) is 0 Å². The summed E-state index contributed by atoms with van der Waals surface area (Å²) in [6, 6.07) is 10.3.